The molecule has 2 heterocycles. The molecule has 2 aliphatic carbocycles. The fourth-order valence-corrected chi connectivity index (χ4v) is 4.44. The highest BCUT2D eigenvalue weighted by Gasteiger charge is 2.43. The summed E-state index contributed by atoms with van der Waals surface area (Å²) >= 11 is 0. The number of rotatable bonds is 5. The van der Waals surface area contributed by atoms with Gasteiger partial charge in [-0.05, 0) is 44.1 Å². The van der Waals surface area contributed by atoms with Crippen LogP contribution in [0.4, 0.5) is 0 Å². The molecule has 4 rings (SSSR count). The highest BCUT2D eigenvalue weighted by molar-refractivity contribution is 5.09. The zero-order chi connectivity index (χ0) is 14.2. The summed E-state index contributed by atoms with van der Waals surface area (Å²) < 4.78 is 11.2. The van der Waals surface area contributed by atoms with E-state index in [4.69, 9.17) is 14.2 Å². The van der Waals surface area contributed by atoms with Crippen molar-refractivity contribution < 1.29 is 9.26 Å². The summed E-state index contributed by atoms with van der Waals surface area (Å²) in [6.07, 6.45) is 6.53. The van der Waals surface area contributed by atoms with Crippen molar-refractivity contribution in [3.63, 3.8) is 0 Å². The van der Waals surface area contributed by atoms with Crippen molar-refractivity contribution in [3.05, 3.63) is 11.7 Å². The van der Waals surface area contributed by atoms with Gasteiger partial charge in [0.2, 0.25) is 5.89 Å². The molecule has 1 aromatic heterocycles. The van der Waals surface area contributed by atoms with Crippen LogP contribution in [0, 0.1) is 11.8 Å². The number of ether oxygens (including phenoxy) is 1. The first kappa shape index (κ1) is 13.7. The first-order chi connectivity index (χ1) is 10.3. The van der Waals surface area contributed by atoms with E-state index in [1.165, 1.54) is 25.7 Å². The predicted octanol–water partition coefficient (Wildman–Crippen LogP) is 2.46. The van der Waals surface area contributed by atoms with E-state index in [9.17, 15) is 0 Å². The first-order valence-corrected chi connectivity index (χ1v) is 8.49. The van der Waals surface area contributed by atoms with Crippen LogP contribution in [0.2, 0.25) is 0 Å². The van der Waals surface area contributed by atoms with Gasteiger partial charge in [0.15, 0.2) is 5.82 Å². The molecule has 5 nitrogen and oxygen atoms in total. The van der Waals surface area contributed by atoms with Crippen LogP contribution in [0.5, 0.6) is 0 Å². The molecule has 0 amide bonds. The standard InChI is InChI=1S/C16H25N3O2/c1-2-5-17-14-9-20-8-13(14)16-18-15(19-21-16)12-7-10-3-4-11(12)6-10/h10-14,17H,2-9H2,1H3. The third-order valence-corrected chi connectivity index (χ3v) is 5.58. The summed E-state index contributed by atoms with van der Waals surface area (Å²) in [7, 11) is 0. The highest BCUT2D eigenvalue weighted by Crippen LogP contribution is 2.52. The molecular formula is C16H25N3O2. The van der Waals surface area contributed by atoms with Crippen molar-refractivity contribution in [1.29, 1.82) is 0 Å². The Bertz CT molecular complexity index is 490. The SMILES string of the molecule is CCCNC1COCC1c1nc(C2CC3CCC2C3)no1. The highest BCUT2D eigenvalue weighted by atomic mass is 16.5. The normalized spacial score (nSPS) is 38.4. The zero-order valence-electron chi connectivity index (χ0n) is 12.8. The number of hydrogen-bond acceptors (Lipinski definition) is 5. The van der Waals surface area contributed by atoms with Gasteiger partial charge in [0.05, 0.1) is 19.1 Å². The Morgan fingerprint density at radius 3 is 2.90 bits per heavy atom. The number of aromatic nitrogens is 2. The number of nitrogens with zero attached hydrogens (tertiary/aromatic N) is 2. The van der Waals surface area contributed by atoms with E-state index in [1.54, 1.807) is 0 Å². The third-order valence-electron chi connectivity index (χ3n) is 5.58. The Morgan fingerprint density at radius 1 is 1.19 bits per heavy atom. The van der Waals surface area contributed by atoms with Gasteiger partial charge in [-0.1, -0.05) is 18.5 Å². The monoisotopic (exact) mass is 291 g/mol. The van der Waals surface area contributed by atoms with E-state index < -0.39 is 0 Å². The van der Waals surface area contributed by atoms with Crippen LogP contribution in [0.1, 0.15) is 62.6 Å². The van der Waals surface area contributed by atoms with Gasteiger partial charge >= 0.3 is 0 Å². The molecule has 5 unspecified atom stereocenters. The Kier molecular flexibility index (Phi) is 3.71. The minimum absolute atomic E-state index is 0.219. The molecule has 1 aromatic rings. The van der Waals surface area contributed by atoms with Gasteiger partial charge in [0.25, 0.3) is 0 Å². The minimum atomic E-state index is 0.219. The quantitative estimate of drug-likeness (QED) is 0.903. The fraction of sp³-hybridized carbons (Fsp3) is 0.875. The van der Waals surface area contributed by atoms with Crippen molar-refractivity contribution in [1.82, 2.24) is 15.5 Å². The van der Waals surface area contributed by atoms with Crippen molar-refractivity contribution in [3.8, 4) is 0 Å². The van der Waals surface area contributed by atoms with Gasteiger partial charge in [-0.25, -0.2) is 0 Å². The van der Waals surface area contributed by atoms with E-state index in [0.29, 0.717) is 18.6 Å². The number of fused-ring (bicyclic) bond motifs is 2. The zero-order valence-corrected chi connectivity index (χ0v) is 12.8. The van der Waals surface area contributed by atoms with Gasteiger partial charge < -0.3 is 14.6 Å². The van der Waals surface area contributed by atoms with E-state index in [1.807, 2.05) is 0 Å². The molecule has 2 bridgehead atoms. The Morgan fingerprint density at radius 2 is 2.14 bits per heavy atom. The third kappa shape index (κ3) is 2.50. The summed E-state index contributed by atoms with van der Waals surface area (Å²) in [6.45, 7) is 4.63. The maximum atomic E-state index is 5.62. The number of nitrogens with one attached hydrogen (secondary N) is 1. The molecule has 1 saturated heterocycles. The smallest absolute Gasteiger partial charge is 0.233 e. The molecule has 0 spiro atoms. The van der Waals surface area contributed by atoms with Crippen LogP contribution in [0.25, 0.3) is 0 Å². The summed E-state index contributed by atoms with van der Waals surface area (Å²) in [5.74, 6) is 4.21. The molecule has 116 valence electrons. The second kappa shape index (κ2) is 5.69. The molecule has 3 fully saturated rings. The topological polar surface area (TPSA) is 60.2 Å². The lowest BCUT2D eigenvalue weighted by molar-refractivity contribution is 0.184. The molecule has 1 aliphatic heterocycles. The van der Waals surface area contributed by atoms with Crippen LogP contribution in [-0.2, 0) is 4.74 Å². The van der Waals surface area contributed by atoms with E-state index >= 15 is 0 Å². The van der Waals surface area contributed by atoms with Crippen molar-refractivity contribution >= 4 is 0 Å². The van der Waals surface area contributed by atoms with E-state index in [-0.39, 0.29) is 5.92 Å². The predicted molar refractivity (Wildman–Crippen MR) is 78.1 cm³/mol. The average molecular weight is 291 g/mol. The van der Waals surface area contributed by atoms with Crippen LogP contribution >= 0.6 is 0 Å². The van der Waals surface area contributed by atoms with Gasteiger partial charge in [-0.15, -0.1) is 0 Å². The molecular weight excluding hydrogens is 266 g/mol. The average Bonchev–Trinajstić information content (AvgIpc) is 3.26. The molecule has 21 heavy (non-hydrogen) atoms. The molecule has 0 aromatic carbocycles. The van der Waals surface area contributed by atoms with Crippen LogP contribution in [0.3, 0.4) is 0 Å². The lowest BCUT2D eigenvalue weighted by atomic mass is 9.88. The largest absolute Gasteiger partial charge is 0.379 e. The van der Waals surface area contributed by atoms with Crippen LogP contribution in [-0.4, -0.2) is 35.9 Å². The second-order valence-electron chi connectivity index (χ2n) is 6.98. The van der Waals surface area contributed by atoms with E-state index in [0.717, 1.165) is 43.1 Å². The summed E-state index contributed by atoms with van der Waals surface area (Å²) in [4.78, 5) is 4.75. The molecule has 0 radical (unpaired) electrons. The molecule has 2 saturated carbocycles. The fourth-order valence-electron chi connectivity index (χ4n) is 4.44. The maximum Gasteiger partial charge on any atom is 0.233 e. The van der Waals surface area contributed by atoms with Crippen molar-refractivity contribution in [2.45, 2.75) is 56.9 Å². The lowest BCUT2D eigenvalue weighted by Crippen LogP contribution is -2.35. The summed E-state index contributed by atoms with van der Waals surface area (Å²) in [6, 6.07) is 0.318. The number of hydrogen-bond donors (Lipinski definition) is 1. The van der Waals surface area contributed by atoms with Gasteiger partial charge in [-0.3, -0.25) is 0 Å². The van der Waals surface area contributed by atoms with Crippen molar-refractivity contribution in [2.75, 3.05) is 19.8 Å². The second-order valence-corrected chi connectivity index (χ2v) is 6.98. The Balaban J connectivity index is 1.46. The van der Waals surface area contributed by atoms with Gasteiger partial charge in [0, 0.05) is 12.0 Å². The van der Waals surface area contributed by atoms with E-state index in [2.05, 4.69) is 17.4 Å². The van der Waals surface area contributed by atoms with Gasteiger partial charge in [0.1, 0.15) is 0 Å². The molecule has 5 atom stereocenters. The molecule has 5 heteroatoms. The summed E-state index contributed by atoms with van der Waals surface area (Å²) in [5.41, 5.74) is 0. The minimum Gasteiger partial charge on any atom is -0.379 e. The van der Waals surface area contributed by atoms with Crippen molar-refractivity contribution in [2.24, 2.45) is 11.8 Å². The molecule has 1 N–H and O–H groups in total. The Labute approximate surface area is 125 Å². The Hall–Kier alpha value is -0.940. The van der Waals surface area contributed by atoms with Crippen LogP contribution in [0.15, 0.2) is 4.52 Å². The summed E-state index contributed by atoms with van der Waals surface area (Å²) in [5, 5.41) is 7.84. The maximum absolute atomic E-state index is 5.62. The molecule has 3 aliphatic rings. The lowest BCUT2D eigenvalue weighted by Gasteiger charge is -2.17. The van der Waals surface area contributed by atoms with Crippen LogP contribution < -0.4 is 5.32 Å². The van der Waals surface area contributed by atoms with Gasteiger partial charge in [-0.2, -0.15) is 4.98 Å². The first-order valence-electron chi connectivity index (χ1n) is 8.49.